The molecule has 3 rings (SSSR count). The molecule has 1 heterocycles. The summed E-state index contributed by atoms with van der Waals surface area (Å²) in [6, 6.07) is 11.0. The molecule has 152 valence electrons. The summed E-state index contributed by atoms with van der Waals surface area (Å²) < 4.78 is 21.0. The number of carbonyl (C=O) groups excluding carboxylic acids is 1. The molecule has 0 aliphatic heterocycles. The lowest BCUT2D eigenvalue weighted by molar-refractivity contribution is 0.0528. The minimum Gasteiger partial charge on any atom is -0.444 e. The van der Waals surface area contributed by atoms with Gasteiger partial charge < -0.3 is 10.1 Å². The lowest BCUT2D eigenvalue weighted by Gasteiger charge is -2.20. The van der Waals surface area contributed by atoms with E-state index in [0.29, 0.717) is 26.9 Å². The molecule has 2 aromatic carbocycles. The van der Waals surface area contributed by atoms with E-state index in [9.17, 15) is 14.0 Å². The van der Waals surface area contributed by atoms with Gasteiger partial charge in [0.05, 0.1) is 16.6 Å². The number of carbonyl (C=O) groups is 1. The first kappa shape index (κ1) is 21.0. The Morgan fingerprint density at radius 1 is 1.24 bits per heavy atom. The van der Waals surface area contributed by atoms with Gasteiger partial charge in [0.15, 0.2) is 0 Å². The van der Waals surface area contributed by atoms with Crippen molar-refractivity contribution < 1.29 is 13.9 Å². The first-order chi connectivity index (χ1) is 13.7. The van der Waals surface area contributed by atoms with Crippen LogP contribution in [-0.4, -0.2) is 27.8 Å². The Hall–Kier alpha value is -2.74. The Morgan fingerprint density at radius 2 is 1.97 bits per heavy atom. The number of nitrogens with one attached hydrogen (secondary N) is 1. The first-order valence-corrected chi connectivity index (χ1v) is 9.88. The molecule has 1 amide bonds. The van der Waals surface area contributed by atoms with E-state index in [-0.39, 0.29) is 18.5 Å². The molecule has 29 heavy (non-hydrogen) atoms. The normalized spacial score (nSPS) is 11.5. The maximum absolute atomic E-state index is 13.8. The van der Waals surface area contributed by atoms with Crippen LogP contribution in [0.1, 0.15) is 26.6 Å². The molecule has 0 aliphatic rings. The number of nitrogens with zero attached hydrogens (tertiary/aromatic N) is 2. The molecule has 0 aliphatic carbocycles. The standard InChI is InChI=1S/C21H21BrFN3O3/c1-21(2,3)29-20(28)24-11-10-17-25-16-9-5-8-15(22)18(16)19(27)26(17)14-7-4-6-13(23)12-14/h4-9,12H,10-11H2,1-3H3,(H,24,28). The summed E-state index contributed by atoms with van der Waals surface area (Å²) in [5.74, 6) is -0.0540. The summed E-state index contributed by atoms with van der Waals surface area (Å²) in [4.78, 5) is 29.7. The molecular weight excluding hydrogens is 441 g/mol. The average molecular weight is 462 g/mol. The average Bonchev–Trinajstić information content (AvgIpc) is 2.60. The molecule has 0 fully saturated rings. The van der Waals surface area contributed by atoms with Crippen molar-refractivity contribution in [2.75, 3.05) is 6.54 Å². The second-order valence-corrected chi connectivity index (χ2v) is 8.32. The lowest BCUT2D eigenvalue weighted by atomic mass is 10.2. The molecule has 8 heteroatoms. The van der Waals surface area contributed by atoms with Crippen molar-refractivity contribution in [3.05, 3.63) is 68.9 Å². The van der Waals surface area contributed by atoms with Crippen LogP contribution < -0.4 is 10.9 Å². The van der Waals surface area contributed by atoms with Crippen molar-refractivity contribution >= 4 is 32.9 Å². The number of amides is 1. The zero-order valence-corrected chi connectivity index (χ0v) is 17.9. The van der Waals surface area contributed by atoms with Crippen LogP contribution in [0.3, 0.4) is 0 Å². The molecule has 0 spiro atoms. The van der Waals surface area contributed by atoms with Gasteiger partial charge in [-0.1, -0.05) is 12.1 Å². The number of aromatic nitrogens is 2. The van der Waals surface area contributed by atoms with Crippen LogP contribution in [0, 0.1) is 5.82 Å². The zero-order valence-electron chi connectivity index (χ0n) is 16.3. The molecule has 0 saturated carbocycles. The summed E-state index contributed by atoms with van der Waals surface area (Å²) in [5, 5.41) is 3.06. The summed E-state index contributed by atoms with van der Waals surface area (Å²) >= 11 is 3.39. The van der Waals surface area contributed by atoms with Crippen LogP contribution in [0.25, 0.3) is 16.6 Å². The third kappa shape index (κ3) is 5.00. The third-order valence-electron chi connectivity index (χ3n) is 4.00. The predicted octanol–water partition coefficient (Wildman–Crippen LogP) is 4.35. The number of rotatable bonds is 4. The van der Waals surface area contributed by atoms with Gasteiger partial charge in [-0.2, -0.15) is 0 Å². The Morgan fingerprint density at radius 3 is 2.66 bits per heavy atom. The van der Waals surface area contributed by atoms with Crippen molar-refractivity contribution in [3.63, 3.8) is 0 Å². The van der Waals surface area contributed by atoms with Crippen LogP contribution in [0.2, 0.25) is 0 Å². The van der Waals surface area contributed by atoms with Crippen LogP contribution in [0.4, 0.5) is 9.18 Å². The molecule has 0 atom stereocenters. The number of halogens is 2. The number of hydrogen-bond donors (Lipinski definition) is 1. The highest BCUT2D eigenvalue weighted by Crippen LogP contribution is 2.21. The second kappa shape index (κ2) is 8.32. The zero-order chi connectivity index (χ0) is 21.2. The molecular formula is C21H21BrFN3O3. The summed E-state index contributed by atoms with van der Waals surface area (Å²) in [6.07, 6.45) is -0.298. The van der Waals surface area contributed by atoms with Gasteiger partial charge in [0.25, 0.3) is 5.56 Å². The SMILES string of the molecule is CC(C)(C)OC(=O)NCCc1nc2cccc(Br)c2c(=O)n1-c1cccc(F)c1. The van der Waals surface area contributed by atoms with Crippen molar-refractivity contribution in [1.29, 1.82) is 0 Å². The number of fused-ring (bicyclic) bond motifs is 1. The second-order valence-electron chi connectivity index (χ2n) is 7.46. The van der Waals surface area contributed by atoms with E-state index in [2.05, 4.69) is 26.2 Å². The third-order valence-corrected chi connectivity index (χ3v) is 4.66. The predicted molar refractivity (Wildman–Crippen MR) is 113 cm³/mol. The number of ether oxygens (including phenoxy) is 1. The molecule has 0 saturated heterocycles. The molecule has 1 N–H and O–H groups in total. The lowest BCUT2D eigenvalue weighted by Crippen LogP contribution is -2.34. The molecule has 0 unspecified atom stereocenters. The van der Waals surface area contributed by atoms with Crippen LogP contribution in [0.5, 0.6) is 0 Å². The smallest absolute Gasteiger partial charge is 0.407 e. The van der Waals surface area contributed by atoms with E-state index in [1.807, 2.05) is 0 Å². The molecule has 0 bridgehead atoms. The molecule has 1 aromatic heterocycles. The number of benzene rings is 2. The highest BCUT2D eigenvalue weighted by Gasteiger charge is 2.18. The fourth-order valence-electron chi connectivity index (χ4n) is 2.88. The van der Waals surface area contributed by atoms with Gasteiger partial charge in [-0.05, 0) is 67.0 Å². The van der Waals surface area contributed by atoms with Gasteiger partial charge in [-0.25, -0.2) is 14.2 Å². The van der Waals surface area contributed by atoms with Gasteiger partial charge >= 0.3 is 6.09 Å². The van der Waals surface area contributed by atoms with E-state index >= 15 is 0 Å². The maximum atomic E-state index is 13.8. The van der Waals surface area contributed by atoms with Crippen LogP contribution in [0.15, 0.2) is 51.7 Å². The number of alkyl carbamates (subject to hydrolysis) is 1. The first-order valence-electron chi connectivity index (χ1n) is 9.08. The fraction of sp³-hybridized carbons (Fsp3) is 0.286. The minimum atomic E-state index is -0.610. The molecule has 6 nitrogen and oxygen atoms in total. The van der Waals surface area contributed by atoms with Gasteiger partial charge in [0.1, 0.15) is 17.2 Å². The van der Waals surface area contributed by atoms with Gasteiger partial charge in [-0.3, -0.25) is 9.36 Å². The van der Waals surface area contributed by atoms with Crippen LogP contribution >= 0.6 is 15.9 Å². The summed E-state index contributed by atoms with van der Waals surface area (Å²) in [5.41, 5.74) is -0.0432. The largest absolute Gasteiger partial charge is 0.444 e. The van der Waals surface area contributed by atoms with E-state index in [4.69, 9.17) is 4.74 Å². The highest BCUT2D eigenvalue weighted by molar-refractivity contribution is 9.10. The Balaban J connectivity index is 2.00. The monoisotopic (exact) mass is 461 g/mol. The van der Waals surface area contributed by atoms with E-state index < -0.39 is 17.5 Å². The van der Waals surface area contributed by atoms with Crippen LogP contribution in [-0.2, 0) is 11.2 Å². The van der Waals surface area contributed by atoms with E-state index in [0.717, 1.165) is 0 Å². The van der Waals surface area contributed by atoms with Gasteiger partial charge in [-0.15, -0.1) is 0 Å². The van der Waals surface area contributed by atoms with E-state index in [1.54, 1.807) is 45.0 Å². The van der Waals surface area contributed by atoms with Crippen molar-refractivity contribution in [3.8, 4) is 5.69 Å². The summed E-state index contributed by atoms with van der Waals surface area (Å²) in [6.45, 7) is 5.53. The van der Waals surface area contributed by atoms with Crippen molar-refractivity contribution in [2.24, 2.45) is 0 Å². The van der Waals surface area contributed by atoms with Gasteiger partial charge in [0.2, 0.25) is 0 Å². The van der Waals surface area contributed by atoms with Crippen molar-refractivity contribution in [1.82, 2.24) is 14.9 Å². The van der Waals surface area contributed by atoms with Crippen molar-refractivity contribution in [2.45, 2.75) is 32.8 Å². The topological polar surface area (TPSA) is 73.2 Å². The quantitative estimate of drug-likeness (QED) is 0.626. The molecule has 3 aromatic rings. The minimum absolute atomic E-state index is 0.205. The Bertz CT molecular complexity index is 1120. The fourth-order valence-corrected chi connectivity index (χ4v) is 3.40. The Kier molecular flexibility index (Phi) is 6.02. The summed E-state index contributed by atoms with van der Waals surface area (Å²) in [7, 11) is 0. The van der Waals surface area contributed by atoms with Gasteiger partial charge in [0, 0.05) is 17.4 Å². The maximum Gasteiger partial charge on any atom is 0.407 e. The number of hydrogen-bond acceptors (Lipinski definition) is 4. The highest BCUT2D eigenvalue weighted by atomic mass is 79.9. The Labute approximate surface area is 175 Å². The van der Waals surface area contributed by atoms with E-state index in [1.165, 1.54) is 22.8 Å². The molecule has 0 radical (unpaired) electrons.